The highest BCUT2D eigenvalue weighted by Crippen LogP contribution is 2.19. The molecule has 80 valence electrons. The molecule has 0 heterocycles. The number of rotatable bonds is 2. The zero-order valence-corrected chi connectivity index (χ0v) is 9.38. The van der Waals surface area contributed by atoms with Gasteiger partial charge in [0, 0.05) is 19.3 Å². The van der Waals surface area contributed by atoms with Gasteiger partial charge in [-0.3, -0.25) is 4.79 Å². The first-order chi connectivity index (χ1) is 6.70. The fourth-order valence-corrected chi connectivity index (χ4v) is 1.34. The molecule has 1 aliphatic rings. The van der Waals surface area contributed by atoms with Gasteiger partial charge in [0.15, 0.2) is 0 Å². The predicted octanol–water partition coefficient (Wildman–Crippen LogP) is 3.47. The maximum absolute atomic E-state index is 10.6. The third-order valence-electron chi connectivity index (χ3n) is 2.47. The number of Topliss-reactive ketones (excluding diaryl/α,β-unsaturated/α-hetero) is 1. The summed E-state index contributed by atoms with van der Waals surface area (Å²) in [5, 5.41) is 7.95. The Morgan fingerprint density at radius 3 is 2.29 bits per heavy atom. The lowest BCUT2D eigenvalue weighted by molar-refractivity contribution is -0.120. The molecule has 0 aromatic heterocycles. The average Bonchev–Trinajstić information content (AvgIpc) is 2.20. The van der Waals surface area contributed by atoms with E-state index in [1.165, 1.54) is 0 Å². The Morgan fingerprint density at radius 1 is 1.43 bits per heavy atom. The van der Waals surface area contributed by atoms with Crippen molar-refractivity contribution in [3.05, 3.63) is 0 Å². The molecule has 1 fully saturated rings. The molecule has 1 rings (SSSR count). The smallest absolute Gasteiger partial charge is 0.132 e. The van der Waals surface area contributed by atoms with Gasteiger partial charge < -0.3 is 0 Å². The van der Waals surface area contributed by atoms with Gasteiger partial charge in [-0.15, -0.1) is 0 Å². The summed E-state index contributed by atoms with van der Waals surface area (Å²) in [7, 11) is 0. The van der Waals surface area contributed by atoms with Crippen LogP contribution in [0.3, 0.4) is 0 Å². The Bertz CT molecular complexity index is 183. The van der Waals surface area contributed by atoms with Crippen LogP contribution in [0.25, 0.3) is 0 Å². The van der Waals surface area contributed by atoms with Gasteiger partial charge in [0.1, 0.15) is 5.78 Å². The lowest BCUT2D eigenvalue weighted by Crippen LogP contribution is -2.10. The molecule has 0 aliphatic heterocycles. The fraction of sp³-hybridized carbons (Fsp3) is 0.833. The largest absolute Gasteiger partial charge is 0.300 e. The van der Waals surface area contributed by atoms with Crippen molar-refractivity contribution in [3.8, 4) is 6.07 Å². The minimum atomic E-state index is 0.461. The van der Waals surface area contributed by atoms with E-state index >= 15 is 0 Å². The quantitative estimate of drug-likeness (QED) is 0.633. The van der Waals surface area contributed by atoms with Gasteiger partial charge in [0.05, 0.1) is 6.07 Å². The van der Waals surface area contributed by atoms with E-state index in [9.17, 15) is 4.79 Å². The molecule has 1 saturated carbocycles. The van der Waals surface area contributed by atoms with Gasteiger partial charge in [-0.05, 0) is 25.2 Å². The topological polar surface area (TPSA) is 40.9 Å². The first-order valence-corrected chi connectivity index (χ1v) is 5.59. The van der Waals surface area contributed by atoms with Crippen LogP contribution in [0.5, 0.6) is 0 Å². The van der Waals surface area contributed by atoms with Crippen molar-refractivity contribution in [1.29, 1.82) is 5.26 Å². The highest BCUT2D eigenvalue weighted by molar-refractivity contribution is 5.78. The molecule has 0 unspecified atom stereocenters. The summed E-state index contributed by atoms with van der Waals surface area (Å²) in [6.07, 6.45) is 6.82. The van der Waals surface area contributed by atoms with Gasteiger partial charge in [0.25, 0.3) is 0 Å². The maximum Gasteiger partial charge on any atom is 0.132 e. The van der Waals surface area contributed by atoms with Crippen molar-refractivity contribution in [2.45, 2.75) is 58.8 Å². The second-order valence-electron chi connectivity index (χ2n) is 3.98. The molecule has 0 atom stereocenters. The Kier molecular flexibility index (Phi) is 8.22. The highest BCUT2D eigenvalue weighted by atomic mass is 16.1. The van der Waals surface area contributed by atoms with E-state index < -0.39 is 0 Å². The number of unbranched alkanes of at least 4 members (excludes halogenated alkanes) is 2. The summed E-state index contributed by atoms with van der Waals surface area (Å²) >= 11 is 0. The van der Waals surface area contributed by atoms with E-state index in [2.05, 4.69) is 19.9 Å². The van der Waals surface area contributed by atoms with Crippen LogP contribution < -0.4 is 0 Å². The van der Waals surface area contributed by atoms with Crippen LogP contribution in [-0.2, 0) is 4.79 Å². The van der Waals surface area contributed by atoms with Gasteiger partial charge in [0.2, 0.25) is 0 Å². The summed E-state index contributed by atoms with van der Waals surface area (Å²) in [4.78, 5) is 10.6. The zero-order valence-electron chi connectivity index (χ0n) is 9.38. The van der Waals surface area contributed by atoms with Crippen LogP contribution in [0.4, 0.5) is 0 Å². The Balaban J connectivity index is 0.000000255. The van der Waals surface area contributed by atoms with Crippen LogP contribution in [0.2, 0.25) is 0 Å². The summed E-state index contributed by atoms with van der Waals surface area (Å²) < 4.78 is 0. The fourth-order valence-electron chi connectivity index (χ4n) is 1.34. The third kappa shape index (κ3) is 7.79. The Hall–Kier alpha value is -0.840. The van der Waals surface area contributed by atoms with Crippen molar-refractivity contribution in [1.82, 2.24) is 0 Å². The second kappa shape index (κ2) is 8.74. The van der Waals surface area contributed by atoms with Crippen molar-refractivity contribution in [2.24, 2.45) is 5.92 Å². The van der Waals surface area contributed by atoms with Crippen LogP contribution in [0.1, 0.15) is 58.8 Å². The minimum absolute atomic E-state index is 0.461. The minimum Gasteiger partial charge on any atom is -0.300 e. The van der Waals surface area contributed by atoms with Crippen molar-refractivity contribution >= 4 is 5.78 Å². The maximum atomic E-state index is 10.6. The van der Waals surface area contributed by atoms with E-state index in [1.807, 2.05) is 0 Å². The van der Waals surface area contributed by atoms with Crippen LogP contribution in [0, 0.1) is 17.2 Å². The monoisotopic (exact) mass is 195 g/mol. The molecule has 0 bridgehead atoms. The van der Waals surface area contributed by atoms with Crippen molar-refractivity contribution < 1.29 is 4.79 Å². The SMILES string of the molecule is CC1CCC(=O)CC1.CCCCC#N. The molecule has 0 spiro atoms. The summed E-state index contributed by atoms with van der Waals surface area (Å²) in [6, 6.07) is 2.07. The molecular formula is C12H21NO. The van der Waals surface area contributed by atoms with E-state index in [0.29, 0.717) is 5.78 Å². The molecule has 0 amide bonds. The molecule has 0 aromatic rings. The lowest BCUT2D eigenvalue weighted by Gasteiger charge is -2.14. The number of hydrogen-bond donors (Lipinski definition) is 0. The van der Waals surface area contributed by atoms with Gasteiger partial charge in [-0.1, -0.05) is 20.3 Å². The first kappa shape index (κ1) is 13.2. The van der Waals surface area contributed by atoms with Crippen LogP contribution in [-0.4, -0.2) is 5.78 Å². The molecule has 0 saturated heterocycles. The Morgan fingerprint density at radius 2 is 2.00 bits per heavy atom. The van der Waals surface area contributed by atoms with E-state index in [4.69, 9.17) is 5.26 Å². The molecule has 2 nitrogen and oxygen atoms in total. The highest BCUT2D eigenvalue weighted by Gasteiger charge is 2.13. The molecule has 0 radical (unpaired) electrons. The lowest BCUT2D eigenvalue weighted by atomic mass is 9.90. The van der Waals surface area contributed by atoms with Gasteiger partial charge in [-0.2, -0.15) is 5.26 Å². The summed E-state index contributed by atoms with van der Waals surface area (Å²) in [5.41, 5.74) is 0. The summed E-state index contributed by atoms with van der Waals surface area (Å²) in [6.45, 7) is 4.30. The zero-order chi connectivity index (χ0) is 10.8. The standard InChI is InChI=1S/C7H12O.C5H9N/c1-6-2-4-7(8)5-3-6;1-2-3-4-5-6/h6H,2-5H2,1H3;2-4H2,1H3. The van der Waals surface area contributed by atoms with Crippen molar-refractivity contribution in [3.63, 3.8) is 0 Å². The first-order valence-electron chi connectivity index (χ1n) is 5.59. The van der Waals surface area contributed by atoms with Crippen LogP contribution >= 0.6 is 0 Å². The normalized spacial score (nSPS) is 16.8. The number of ketones is 1. The molecule has 14 heavy (non-hydrogen) atoms. The van der Waals surface area contributed by atoms with Crippen LogP contribution in [0.15, 0.2) is 0 Å². The molecule has 0 N–H and O–H groups in total. The Labute approximate surface area is 87.3 Å². The molecular weight excluding hydrogens is 174 g/mol. The molecule has 1 aliphatic carbocycles. The molecule has 0 aromatic carbocycles. The number of carbonyl (C=O) groups excluding carboxylic acids is 1. The number of nitriles is 1. The number of carbonyl (C=O) groups is 1. The van der Waals surface area contributed by atoms with Crippen molar-refractivity contribution in [2.75, 3.05) is 0 Å². The summed E-state index contributed by atoms with van der Waals surface area (Å²) in [5.74, 6) is 1.26. The average molecular weight is 195 g/mol. The third-order valence-corrected chi connectivity index (χ3v) is 2.47. The number of hydrogen-bond acceptors (Lipinski definition) is 2. The van der Waals surface area contributed by atoms with E-state index in [1.54, 1.807) is 0 Å². The number of nitrogens with zero attached hydrogens (tertiary/aromatic N) is 1. The van der Waals surface area contributed by atoms with E-state index in [-0.39, 0.29) is 0 Å². The molecule has 2 heteroatoms. The van der Waals surface area contributed by atoms with Gasteiger partial charge >= 0.3 is 0 Å². The second-order valence-corrected chi connectivity index (χ2v) is 3.98. The van der Waals surface area contributed by atoms with Gasteiger partial charge in [-0.25, -0.2) is 0 Å². The van der Waals surface area contributed by atoms with E-state index in [0.717, 1.165) is 50.9 Å². The predicted molar refractivity (Wildman–Crippen MR) is 57.8 cm³/mol.